The van der Waals surface area contributed by atoms with Crippen LogP contribution in [0, 0.1) is 0 Å². The summed E-state index contributed by atoms with van der Waals surface area (Å²) in [5.41, 5.74) is 11.7. The molecular weight excluding hydrogens is 595 g/mol. The zero-order valence-corrected chi connectivity index (χ0v) is 26.2. The number of hydrogen-bond acceptors (Lipinski definition) is 5. The Balaban J connectivity index is 1.14. The van der Waals surface area contributed by atoms with Crippen molar-refractivity contribution in [3.8, 4) is 49.8 Å². The summed E-state index contributed by atoms with van der Waals surface area (Å²) in [6, 6.07) is 55.0. The lowest BCUT2D eigenvalue weighted by Gasteiger charge is -2.26. The molecule has 0 radical (unpaired) electrons. The van der Waals surface area contributed by atoms with Crippen LogP contribution in [-0.4, -0.2) is 20.0 Å². The average Bonchev–Trinajstić information content (AvgIpc) is 3.85. The fraction of sp³-hybridized carbons (Fsp3) is 0. The highest BCUT2D eigenvalue weighted by atomic mass is 32.1. The van der Waals surface area contributed by atoms with Crippen molar-refractivity contribution < 1.29 is 0 Å². The van der Waals surface area contributed by atoms with Crippen LogP contribution in [0.4, 0.5) is 17.1 Å². The monoisotopic (exact) mass is 623 g/mol. The topological polar surface area (TPSA) is 46.8 Å². The van der Waals surface area contributed by atoms with Crippen molar-refractivity contribution in [2.75, 3.05) is 4.90 Å². The van der Waals surface area contributed by atoms with Gasteiger partial charge in [0.1, 0.15) is 10.7 Å². The van der Waals surface area contributed by atoms with E-state index in [2.05, 4.69) is 165 Å². The minimum atomic E-state index is 0.813. The molecule has 47 heavy (non-hydrogen) atoms. The third-order valence-electron chi connectivity index (χ3n) is 8.11. The van der Waals surface area contributed by atoms with Crippen LogP contribution in [0.1, 0.15) is 0 Å². The molecule has 0 N–H and O–H groups in total. The number of anilines is 3. The number of pyridine rings is 1. The van der Waals surface area contributed by atoms with Crippen LogP contribution in [0.2, 0.25) is 0 Å². The predicted octanol–water partition coefficient (Wildman–Crippen LogP) is 10.9. The van der Waals surface area contributed by atoms with Gasteiger partial charge >= 0.3 is 0 Å². The van der Waals surface area contributed by atoms with Gasteiger partial charge in [0.05, 0.1) is 11.9 Å². The largest absolute Gasteiger partial charge is 0.310 e. The Kier molecular flexibility index (Phi) is 7.67. The molecule has 0 aliphatic carbocycles. The van der Waals surface area contributed by atoms with Crippen LogP contribution < -0.4 is 4.90 Å². The first-order valence-electron chi connectivity index (χ1n) is 15.4. The molecule has 8 aromatic rings. The second kappa shape index (κ2) is 12.7. The molecule has 3 heterocycles. The minimum Gasteiger partial charge on any atom is -0.310 e. The number of nitrogens with zero attached hydrogens (tertiary/aromatic N) is 5. The van der Waals surface area contributed by atoms with Gasteiger partial charge in [-0.1, -0.05) is 108 Å². The highest BCUT2D eigenvalue weighted by molar-refractivity contribution is 7.13. The van der Waals surface area contributed by atoms with Gasteiger partial charge in [0, 0.05) is 39.8 Å². The molecule has 0 aliphatic rings. The lowest BCUT2D eigenvalue weighted by Crippen LogP contribution is -2.10. The van der Waals surface area contributed by atoms with Gasteiger partial charge in [0.15, 0.2) is 0 Å². The third kappa shape index (κ3) is 5.98. The van der Waals surface area contributed by atoms with E-state index >= 15 is 0 Å². The van der Waals surface area contributed by atoms with Crippen molar-refractivity contribution in [1.82, 2.24) is 20.0 Å². The summed E-state index contributed by atoms with van der Waals surface area (Å²) in [5, 5.41) is 12.1. The summed E-state index contributed by atoms with van der Waals surface area (Å²) in [6.07, 6.45) is 3.79. The Labute approximate surface area is 277 Å². The van der Waals surface area contributed by atoms with Gasteiger partial charge in [-0.2, -0.15) is 0 Å². The molecule has 0 spiro atoms. The van der Waals surface area contributed by atoms with Gasteiger partial charge in [0.2, 0.25) is 0 Å². The van der Waals surface area contributed by atoms with E-state index in [-0.39, 0.29) is 0 Å². The van der Waals surface area contributed by atoms with E-state index < -0.39 is 0 Å². The van der Waals surface area contributed by atoms with Gasteiger partial charge in [-0.3, -0.25) is 4.98 Å². The molecular formula is C41H29N5S. The first-order chi connectivity index (χ1) is 23.3. The number of thiophene rings is 1. The zero-order valence-electron chi connectivity index (χ0n) is 25.4. The highest BCUT2D eigenvalue weighted by Gasteiger charge is 2.16. The number of aromatic nitrogens is 4. The van der Waals surface area contributed by atoms with Crippen molar-refractivity contribution in [3.05, 3.63) is 175 Å². The SMILES string of the molecule is c1ccc(-c2cccc(N(c3ccc(-c4cn(-c5cc(-c6ccccn6)cs5)nn4)cc3)c3cccc(-c4ccccc4)c3)c2)cc1. The molecule has 3 aromatic heterocycles. The molecule has 0 atom stereocenters. The van der Waals surface area contributed by atoms with Crippen LogP contribution in [0.5, 0.6) is 0 Å². The van der Waals surface area contributed by atoms with Gasteiger partial charge in [-0.15, -0.1) is 16.4 Å². The lowest BCUT2D eigenvalue weighted by atomic mass is 10.0. The van der Waals surface area contributed by atoms with E-state index in [0.29, 0.717) is 0 Å². The van der Waals surface area contributed by atoms with E-state index in [1.165, 1.54) is 22.3 Å². The molecule has 5 nitrogen and oxygen atoms in total. The van der Waals surface area contributed by atoms with Crippen LogP contribution in [0.3, 0.4) is 0 Å². The summed E-state index contributed by atoms with van der Waals surface area (Å²) in [5.74, 6) is 0. The number of hydrogen-bond donors (Lipinski definition) is 0. The Morgan fingerprint density at radius 2 is 1.09 bits per heavy atom. The molecule has 0 saturated carbocycles. The van der Waals surface area contributed by atoms with Gasteiger partial charge < -0.3 is 4.90 Å². The Morgan fingerprint density at radius 1 is 0.468 bits per heavy atom. The van der Waals surface area contributed by atoms with E-state index in [0.717, 1.165) is 44.6 Å². The molecule has 0 fully saturated rings. The zero-order chi connectivity index (χ0) is 31.4. The Bertz CT molecular complexity index is 2160. The summed E-state index contributed by atoms with van der Waals surface area (Å²) in [7, 11) is 0. The van der Waals surface area contributed by atoms with E-state index in [1.54, 1.807) is 11.3 Å². The van der Waals surface area contributed by atoms with Crippen LogP contribution in [-0.2, 0) is 0 Å². The molecule has 0 unspecified atom stereocenters. The first-order valence-corrected chi connectivity index (χ1v) is 16.3. The molecule has 0 saturated heterocycles. The second-order valence-electron chi connectivity index (χ2n) is 11.2. The smallest absolute Gasteiger partial charge is 0.120 e. The van der Waals surface area contributed by atoms with Crippen LogP contribution >= 0.6 is 11.3 Å². The second-order valence-corrected chi connectivity index (χ2v) is 12.0. The highest BCUT2D eigenvalue weighted by Crippen LogP contribution is 2.39. The molecule has 224 valence electrons. The summed E-state index contributed by atoms with van der Waals surface area (Å²) in [6.45, 7) is 0. The fourth-order valence-corrected chi connectivity index (χ4v) is 6.58. The van der Waals surface area contributed by atoms with Gasteiger partial charge in [0.25, 0.3) is 0 Å². The quantitative estimate of drug-likeness (QED) is 0.169. The normalized spacial score (nSPS) is 11.0. The lowest BCUT2D eigenvalue weighted by molar-refractivity contribution is 0.815. The average molecular weight is 624 g/mol. The van der Waals surface area contributed by atoms with Gasteiger partial charge in [-0.25, -0.2) is 4.68 Å². The summed E-state index contributed by atoms with van der Waals surface area (Å²) >= 11 is 1.62. The molecule has 0 amide bonds. The summed E-state index contributed by atoms with van der Waals surface area (Å²) in [4.78, 5) is 6.78. The Morgan fingerprint density at radius 3 is 1.70 bits per heavy atom. The van der Waals surface area contributed by atoms with E-state index in [9.17, 15) is 0 Å². The molecule has 0 aliphatic heterocycles. The standard InChI is InChI=1S/C41H29N5S/c1-3-11-30(12-4-1)33-15-9-17-37(25-33)46(38-18-10-16-34(26-38)31-13-5-2-6-14-31)36-22-20-32(21-23-36)40-28-45(44-43-40)41-27-35(29-47-41)39-19-7-8-24-42-39/h1-29H. The number of rotatable bonds is 8. The molecule has 6 heteroatoms. The minimum absolute atomic E-state index is 0.813. The molecule has 5 aromatic carbocycles. The van der Waals surface area contributed by atoms with Crippen molar-refractivity contribution >= 4 is 28.4 Å². The van der Waals surface area contributed by atoms with Crippen molar-refractivity contribution in [2.24, 2.45) is 0 Å². The van der Waals surface area contributed by atoms with Crippen LogP contribution in [0.15, 0.2) is 175 Å². The maximum absolute atomic E-state index is 4.52. The van der Waals surface area contributed by atoms with E-state index in [4.69, 9.17) is 0 Å². The Hall–Kier alpha value is -6.11. The summed E-state index contributed by atoms with van der Waals surface area (Å²) < 4.78 is 1.83. The molecule has 8 rings (SSSR count). The maximum atomic E-state index is 4.52. The fourth-order valence-electron chi connectivity index (χ4n) is 5.76. The number of benzene rings is 5. The predicted molar refractivity (Wildman–Crippen MR) is 193 cm³/mol. The first kappa shape index (κ1) is 28.4. The van der Waals surface area contributed by atoms with Crippen molar-refractivity contribution in [1.29, 1.82) is 0 Å². The van der Waals surface area contributed by atoms with E-state index in [1.807, 2.05) is 35.3 Å². The van der Waals surface area contributed by atoms with Crippen LogP contribution in [0.25, 0.3) is 49.8 Å². The maximum Gasteiger partial charge on any atom is 0.120 e. The van der Waals surface area contributed by atoms with Crippen molar-refractivity contribution in [3.63, 3.8) is 0 Å². The third-order valence-corrected chi connectivity index (χ3v) is 9.03. The molecule has 0 bridgehead atoms. The van der Waals surface area contributed by atoms with Crippen molar-refractivity contribution in [2.45, 2.75) is 0 Å². The van der Waals surface area contributed by atoms with Gasteiger partial charge in [-0.05, 0) is 76.9 Å².